The standard InChI is InChI=1S/C13H21F3O6/c1-11(2)19-5-6(20-11)7(17)8-9(10(18)13(14,15)16)22-12(3,4)21-8/h6-10,17-18H,5H2,1-4H3. The van der Waals surface area contributed by atoms with Gasteiger partial charge >= 0.3 is 6.18 Å². The van der Waals surface area contributed by atoms with E-state index in [9.17, 15) is 23.4 Å². The van der Waals surface area contributed by atoms with Gasteiger partial charge < -0.3 is 29.2 Å². The second-order valence-electron chi connectivity index (χ2n) is 6.41. The van der Waals surface area contributed by atoms with Gasteiger partial charge in [0, 0.05) is 0 Å². The molecule has 2 fully saturated rings. The minimum atomic E-state index is -4.89. The first-order valence-corrected chi connectivity index (χ1v) is 6.93. The van der Waals surface area contributed by atoms with Gasteiger partial charge in [-0.05, 0) is 27.7 Å². The zero-order valence-corrected chi connectivity index (χ0v) is 12.8. The summed E-state index contributed by atoms with van der Waals surface area (Å²) in [5.41, 5.74) is 0. The third-order valence-electron chi connectivity index (χ3n) is 3.56. The van der Waals surface area contributed by atoms with Crippen LogP contribution in [0.1, 0.15) is 27.7 Å². The zero-order chi connectivity index (χ0) is 16.9. The first-order valence-electron chi connectivity index (χ1n) is 6.93. The van der Waals surface area contributed by atoms with E-state index >= 15 is 0 Å². The third kappa shape index (κ3) is 3.72. The molecule has 0 aromatic carbocycles. The summed E-state index contributed by atoms with van der Waals surface area (Å²) < 4.78 is 59.5. The molecule has 130 valence electrons. The van der Waals surface area contributed by atoms with Crippen molar-refractivity contribution < 1.29 is 42.3 Å². The van der Waals surface area contributed by atoms with Crippen LogP contribution < -0.4 is 0 Å². The molecule has 2 saturated heterocycles. The van der Waals surface area contributed by atoms with E-state index in [1.54, 1.807) is 13.8 Å². The van der Waals surface area contributed by atoms with Crippen molar-refractivity contribution >= 4 is 0 Å². The van der Waals surface area contributed by atoms with Gasteiger partial charge in [-0.15, -0.1) is 0 Å². The minimum Gasteiger partial charge on any atom is -0.387 e. The molecular formula is C13H21F3O6. The van der Waals surface area contributed by atoms with E-state index in [-0.39, 0.29) is 6.61 Å². The number of halogens is 3. The van der Waals surface area contributed by atoms with Crippen molar-refractivity contribution in [2.24, 2.45) is 0 Å². The van der Waals surface area contributed by atoms with Crippen LogP contribution in [0.4, 0.5) is 13.2 Å². The quantitative estimate of drug-likeness (QED) is 0.802. The lowest BCUT2D eigenvalue weighted by Gasteiger charge is -2.29. The number of rotatable bonds is 3. The van der Waals surface area contributed by atoms with Crippen molar-refractivity contribution in [3.63, 3.8) is 0 Å². The molecule has 9 heteroatoms. The Morgan fingerprint density at radius 1 is 0.955 bits per heavy atom. The highest BCUT2D eigenvalue weighted by Gasteiger charge is 2.57. The van der Waals surface area contributed by atoms with E-state index < -0.39 is 48.3 Å². The lowest BCUT2D eigenvalue weighted by atomic mass is 9.99. The van der Waals surface area contributed by atoms with Crippen LogP contribution >= 0.6 is 0 Å². The van der Waals surface area contributed by atoms with Crippen molar-refractivity contribution in [2.45, 2.75) is 76.0 Å². The van der Waals surface area contributed by atoms with Crippen molar-refractivity contribution in [1.29, 1.82) is 0 Å². The second-order valence-corrected chi connectivity index (χ2v) is 6.41. The molecule has 0 spiro atoms. The average Bonchev–Trinajstić information content (AvgIpc) is 2.86. The molecule has 0 saturated carbocycles. The Bertz CT molecular complexity index is 411. The number of ether oxygens (including phenoxy) is 4. The fourth-order valence-corrected chi connectivity index (χ4v) is 2.61. The van der Waals surface area contributed by atoms with Gasteiger partial charge in [0.25, 0.3) is 0 Å². The van der Waals surface area contributed by atoms with Crippen molar-refractivity contribution in [3.05, 3.63) is 0 Å². The summed E-state index contributed by atoms with van der Waals surface area (Å²) in [6.07, 6.45) is -13.1. The minimum absolute atomic E-state index is 0.00326. The average molecular weight is 330 g/mol. The monoisotopic (exact) mass is 330 g/mol. The van der Waals surface area contributed by atoms with E-state index in [4.69, 9.17) is 18.9 Å². The summed E-state index contributed by atoms with van der Waals surface area (Å²) >= 11 is 0. The highest BCUT2D eigenvalue weighted by Crippen LogP contribution is 2.38. The predicted molar refractivity (Wildman–Crippen MR) is 66.8 cm³/mol. The fraction of sp³-hybridized carbons (Fsp3) is 1.00. The highest BCUT2D eigenvalue weighted by atomic mass is 19.4. The molecule has 0 amide bonds. The molecule has 0 aliphatic carbocycles. The number of aliphatic hydroxyl groups excluding tert-OH is 2. The normalized spacial score (nSPS) is 37.2. The molecule has 2 aliphatic rings. The number of hydrogen-bond donors (Lipinski definition) is 2. The molecule has 0 bridgehead atoms. The lowest BCUT2D eigenvalue weighted by Crippen LogP contribution is -2.52. The largest absolute Gasteiger partial charge is 0.417 e. The van der Waals surface area contributed by atoms with Gasteiger partial charge in [-0.2, -0.15) is 13.2 Å². The SMILES string of the molecule is CC1(C)OCC(C(O)C2OC(C)(C)OC2C(O)C(F)(F)F)O1. The van der Waals surface area contributed by atoms with Crippen molar-refractivity contribution in [1.82, 2.24) is 0 Å². The molecule has 2 heterocycles. The third-order valence-corrected chi connectivity index (χ3v) is 3.56. The van der Waals surface area contributed by atoms with Crippen molar-refractivity contribution in [2.75, 3.05) is 6.61 Å². The van der Waals surface area contributed by atoms with Gasteiger partial charge in [0.1, 0.15) is 24.4 Å². The lowest BCUT2D eigenvalue weighted by molar-refractivity contribution is -0.243. The summed E-state index contributed by atoms with van der Waals surface area (Å²) in [6, 6.07) is 0. The summed E-state index contributed by atoms with van der Waals surface area (Å²) in [5, 5.41) is 19.8. The molecule has 0 aromatic rings. The van der Waals surface area contributed by atoms with Crippen LogP contribution in [-0.2, 0) is 18.9 Å². The maximum absolute atomic E-state index is 12.8. The molecule has 2 aliphatic heterocycles. The Labute approximate surface area is 126 Å². The predicted octanol–water partition coefficient (Wildman–Crippen LogP) is 0.942. The molecule has 5 atom stereocenters. The fourth-order valence-electron chi connectivity index (χ4n) is 2.61. The topological polar surface area (TPSA) is 77.4 Å². The summed E-state index contributed by atoms with van der Waals surface area (Å²) in [6.45, 7) is 6.07. The van der Waals surface area contributed by atoms with Crippen LogP contribution in [0.15, 0.2) is 0 Å². The summed E-state index contributed by atoms with van der Waals surface area (Å²) in [7, 11) is 0. The van der Waals surface area contributed by atoms with E-state index in [1.807, 2.05) is 0 Å². The van der Waals surface area contributed by atoms with E-state index in [0.29, 0.717) is 0 Å². The first kappa shape index (κ1) is 17.9. The molecule has 2 N–H and O–H groups in total. The van der Waals surface area contributed by atoms with Crippen LogP contribution in [-0.4, -0.2) is 65.1 Å². The van der Waals surface area contributed by atoms with Gasteiger partial charge in [-0.1, -0.05) is 0 Å². The molecule has 0 radical (unpaired) electrons. The molecule has 22 heavy (non-hydrogen) atoms. The Kier molecular flexibility index (Phi) is 4.53. The smallest absolute Gasteiger partial charge is 0.387 e. The Hall–Kier alpha value is -0.450. The molecular weight excluding hydrogens is 309 g/mol. The zero-order valence-electron chi connectivity index (χ0n) is 12.8. The first-order chi connectivity index (χ1) is 9.82. The molecule has 5 unspecified atom stereocenters. The summed E-state index contributed by atoms with van der Waals surface area (Å²) in [4.78, 5) is 0. The number of alkyl halides is 3. The van der Waals surface area contributed by atoms with Gasteiger partial charge in [0.15, 0.2) is 17.7 Å². The molecule has 6 nitrogen and oxygen atoms in total. The molecule has 0 aromatic heterocycles. The Morgan fingerprint density at radius 3 is 1.95 bits per heavy atom. The van der Waals surface area contributed by atoms with E-state index in [0.717, 1.165) is 0 Å². The van der Waals surface area contributed by atoms with Crippen LogP contribution in [0.2, 0.25) is 0 Å². The van der Waals surface area contributed by atoms with Crippen LogP contribution in [0.3, 0.4) is 0 Å². The highest BCUT2D eigenvalue weighted by molar-refractivity contribution is 4.96. The van der Waals surface area contributed by atoms with Crippen LogP contribution in [0.25, 0.3) is 0 Å². The maximum atomic E-state index is 12.8. The van der Waals surface area contributed by atoms with Gasteiger partial charge in [-0.3, -0.25) is 0 Å². The Morgan fingerprint density at radius 2 is 1.50 bits per heavy atom. The second kappa shape index (κ2) is 5.57. The Balaban J connectivity index is 2.16. The van der Waals surface area contributed by atoms with Gasteiger partial charge in [0.2, 0.25) is 0 Å². The number of hydrogen-bond acceptors (Lipinski definition) is 6. The maximum Gasteiger partial charge on any atom is 0.417 e. The van der Waals surface area contributed by atoms with E-state index in [2.05, 4.69) is 0 Å². The summed E-state index contributed by atoms with van der Waals surface area (Å²) in [5.74, 6) is -2.31. The van der Waals surface area contributed by atoms with E-state index in [1.165, 1.54) is 13.8 Å². The number of aliphatic hydroxyl groups is 2. The van der Waals surface area contributed by atoms with Crippen LogP contribution in [0.5, 0.6) is 0 Å². The van der Waals surface area contributed by atoms with Gasteiger partial charge in [0.05, 0.1) is 6.61 Å². The van der Waals surface area contributed by atoms with Crippen molar-refractivity contribution in [3.8, 4) is 0 Å². The molecule has 2 rings (SSSR count). The van der Waals surface area contributed by atoms with Crippen LogP contribution in [0, 0.1) is 0 Å². The van der Waals surface area contributed by atoms with Gasteiger partial charge in [-0.25, -0.2) is 0 Å².